The molecule has 1 aromatic carbocycles. The minimum atomic E-state index is -0.366. The Balaban J connectivity index is 0.00000225. The van der Waals surface area contributed by atoms with Crippen molar-refractivity contribution in [2.24, 2.45) is 0 Å². The van der Waals surface area contributed by atoms with Gasteiger partial charge in [-0.3, -0.25) is 4.79 Å². The molecule has 7 heteroatoms. The molecule has 2 aliphatic heterocycles. The molecule has 1 atom stereocenters. The molecule has 2 aromatic rings. The molecule has 2 saturated heterocycles. The number of aromatic nitrogens is 1. The Morgan fingerprint density at radius 1 is 1.25 bits per heavy atom. The van der Waals surface area contributed by atoms with Gasteiger partial charge in [0.1, 0.15) is 11.1 Å². The van der Waals surface area contributed by atoms with Crippen molar-refractivity contribution in [1.82, 2.24) is 14.8 Å². The van der Waals surface area contributed by atoms with Gasteiger partial charge in [-0.1, -0.05) is 30.3 Å². The van der Waals surface area contributed by atoms with Crippen LogP contribution in [0, 0.1) is 0 Å². The van der Waals surface area contributed by atoms with Crippen LogP contribution < -0.4 is 0 Å². The molecule has 4 rings (SSSR count). The molecule has 2 fully saturated rings. The number of hydrogen-bond donors (Lipinski definition) is 0. The van der Waals surface area contributed by atoms with Gasteiger partial charge in [0.2, 0.25) is 0 Å². The molecule has 152 valence electrons. The minimum absolute atomic E-state index is 0. The van der Waals surface area contributed by atoms with Crippen LogP contribution in [0.1, 0.15) is 30.3 Å². The molecular weight excluding hydrogens is 394 g/mol. The second-order valence-corrected chi connectivity index (χ2v) is 8.62. The van der Waals surface area contributed by atoms with Gasteiger partial charge in [-0.2, -0.15) is 0 Å². The Kier molecular flexibility index (Phi) is 7.10. The average Bonchev–Trinajstić information content (AvgIpc) is 3.19. The summed E-state index contributed by atoms with van der Waals surface area (Å²) >= 11 is 1.61. The lowest BCUT2D eigenvalue weighted by Gasteiger charge is -2.49. The Bertz CT molecular complexity index is 748. The second kappa shape index (κ2) is 9.35. The summed E-state index contributed by atoms with van der Waals surface area (Å²) in [5.41, 5.74) is 1.19. The number of rotatable bonds is 5. The van der Waals surface area contributed by atoms with Crippen LogP contribution >= 0.6 is 23.7 Å². The SMILES string of the molecule is CC1OC2(CCN(CCc3ccccc3)CC2)CN(Cc2nccs2)C1=O.Cl. The van der Waals surface area contributed by atoms with Crippen LogP contribution in [0.15, 0.2) is 41.9 Å². The van der Waals surface area contributed by atoms with E-state index in [1.807, 2.05) is 17.2 Å². The normalized spacial score (nSPS) is 22.2. The highest BCUT2D eigenvalue weighted by molar-refractivity contribution is 7.09. The highest BCUT2D eigenvalue weighted by Crippen LogP contribution is 2.33. The third-order valence-electron chi connectivity index (χ3n) is 5.70. The predicted octanol–water partition coefficient (Wildman–Crippen LogP) is 3.39. The summed E-state index contributed by atoms with van der Waals surface area (Å²) in [6.07, 6.45) is 4.48. The molecule has 1 unspecified atom stereocenters. The summed E-state index contributed by atoms with van der Waals surface area (Å²) in [6, 6.07) is 10.7. The monoisotopic (exact) mass is 421 g/mol. The van der Waals surface area contributed by atoms with Gasteiger partial charge in [-0.15, -0.1) is 23.7 Å². The fraction of sp³-hybridized carbons (Fsp3) is 0.524. The van der Waals surface area contributed by atoms with E-state index in [1.165, 1.54) is 5.56 Å². The number of nitrogens with zero attached hydrogens (tertiary/aromatic N) is 3. The first-order valence-corrected chi connectivity index (χ1v) is 10.6. The first-order chi connectivity index (χ1) is 13.1. The summed E-state index contributed by atoms with van der Waals surface area (Å²) < 4.78 is 6.25. The maximum atomic E-state index is 12.6. The molecule has 0 aliphatic carbocycles. The number of carbonyl (C=O) groups excluding carboxylic acids is 1. The van der Waals surface area contributed by atoms with Crippen LogP contribution in [0.5, 0.6) is 0 Å². The van der Waals surface area contributed by atoms with E-state index in [0.717, 1.165) is 43.9 Å². The van der Waals surface area contributed by atoms with E-state index in [0.29, 0.717) is 13.1 Å². The van der Waals surface area contributed by atoms with Crippen molar-refractivity contribution >= 4 is 29.7 Å². The van der Waals surface area contributed by atoms with Crippen molar-refractivity contribution in [3.63, 3.8) is 0 Å². The van der Waals surface area contributed by atoms with Crippen LogP contribution in [0.2, 0.25) is 0 Å². The van der Waals surface area contributed by atoms with E-state index in [1.54, 1.807) is 17.5 Å². The van der Waals surface area contributed by atoms with Crippen molar-refractivity contribution in [2.75, 3.05) is 26.2 Å². The highest BCUT2D eigenvalue weighted by Gasteiger charge is 2.45. The summed E-state index contributed by atoms with van der Waals surface area (Å²) in [6.45, 7) is 6.31. The zero-order valence-corrected chi connectivity index (χ0v) is 17.9. The Morgan fingerprint density at radius 2 is 2.00 bits per heavy atom. The predicted molar refractivity (Wildman–Crippen MR) is 114 cm³/mol. The number of benzene rings is 1. The molecular formula is C21H28ClN3O2S. The van der Waals surface area contributed by atoms with Gasteiger partial charge in [-0.25, -0.2) is 4.98 Å². The van der Waals surface area contributed by atoms with Crippen molar-refractivity contribution < 1.29 is 9.53 Å². The van der Waals surface area contributed by atoms with Gasteiger partial charge < -0.3 is 14.5 Å². The van der Waals surface area contributed by atoms with Crippen molar-refractivity contribution in [3.8, 4) is 0 Å². The van der Waals surface area contributed by atoms with Gasteiger partial charge in [0.15, 0.2) is 0 Å². The molecule has 2 aliphatic rings. The second-order valence-electron chi connectivity index (χ2n) is 7.64. The van der Waals surface area contributed by atoms with Crippen molar-refractivity contribution in [2.45, 2.75) is 44.4 Å². The zero-order chi connectivity index (χ0) is 18.7. The molecule has 5 nitrogen and oxygen atoms in total. The lowest BCUT2D eigenvalue weighted by atomic mass is 9.88. The van der Waals surface area contributed by atoms with Crippen LogP contribution in [-0.4, -0.2) is 58.6 Å². The molecule has 1 amide bonds. The van der Waals surface area contributed by atoms with E-state index in [9.17, 15) is 4.79 Å². The van der Waals surface area contributed by atoms with Gasteiger partial charge >= 0.3 is 0 Å². The topological polar surface area (TPSA) is 45.7 Å². The van der Waals surface area contributed by atoms with Crippen LogP contribution in [0.3, 0.4) is 0 Å². The fourth-order valence-corrected chi connectivity index (χ4v) is 4.80. The van der Waals surface area contributed by atoms with E-state index in [2.05, 4.69) is 40.2 Å². The Hall–Kier alpha value is -1.47. The molecule has 28 heavy (non-hydrogen) atoms. The van der Waals surface area contributed by atoms with Gasteiger partial charge in [0.25, 0.3) is 5.91 Å². The molecule has 0 N–H and O–H groups in total. The summed E-state index contributed by atoms with van der Waals surface area (Å²) in [5, 5.41) is 2.96. The molecule has 0 radical (unpaired) electrons. The van der Waals surface area contributed by atoms with E-state index < -0.39 is 0 Å². The Labute approximate surface area is 177 Å². The quantitative estimate of drug-likeness (QED) is 0.742. The number of carbonyl (C=O) groups is 1. The maximum absolute atomic E-state index is 12.6. The number of piperidine rings is 1. The van der Waals surface area contributed by atoms with E-state index in [-0.39, 0.29) is 30.0 Å². The molecule has 3 heterocycles. The first-order valence-electron chi connectivity index (χ1n) is 9.75. The number of morpholine rings is 1. The number of halogens is 1. The number of ether oxygens (including phenoxy) is 1. The smallest absolute Gasteiger partial charge is 0.251 e. The third-order valence-corrected chi connectivity index (χ3v) is 6.47. The number of thiazole rings is 1. The van der Waals surface area contributed by atoms with Crippen LogP contribution in [-0.2, 0) is 22.5 Å². The van der Waals surface area contributed by atoms with Crippen molar-refractivity contribution in [3.05, 3.63) is 52.5 Å². The van der Waals surface area contributed by atoms with Crippen LogP contribution in [0.4, 0.5) is 0 Å². The Morgan fingerprint density at radius 3 is 2.68 bits per heavy atom. The van der Waals surface area contributed by atoms with Gasteiger partial charge in [-0.05, 0) is 31.7 Å². The largest absolute Gasteiger partial charge is 0.360 e. The highest BCUT2D eigenvalue weighted by atomic mass is 35.5. The van der Waals surface area contributed by atoms with Gasteiger partial charge in [0.05, 0.1) is 18.7 Å². The lowest BCUT2D eigenvalue weighted by Crippen LogP contribution is -2.61. The number of amides is 1. The summed E-state index contributed by atoms with van der Waals surface area (Å²) in [7, 11) is 0. The van der Waals surface area contributed by atoms with E-state index >= 15 is 0 Å². The lowest BCUT2D eigenvalue weighted by molar-refractivity contribution is -0.190. The van der Waals surface area contributed by atoms with E-state index in [4.69, 9.17) is 4.74 Å². The number of hydrogen-bond acceptors (Lipinski definition) is 5. The van der Waals surface area contributed by atoms with Crippen LogP contribution in [0.25, 0.3) is 0 Å². The standard InChI is InChI=1S/C21H27N3O2S.ClH/c1-17-20(25)24(15-19-22-10-14-27-19)16-21(26-17)8-12-23(13-9-21)11-7-18-5-3-2-4-6-18;/h2-6,10,14,17H,7-9,11-13,15-16H2,1H3;1H. The first kappa shape index (κ1) is 21.2. The molecule has 0 bridgehead atoms. The van der Waals surface area contributed by atoms with Gasteiger partial charge in [0, 0.05) is 31.2 Å². The fourth-order valence-electron chi connectivity index (χ4n) is 4.17. The molecule has 1 spiro atoms. The third kappa shape index (κ3) is 4.92. The summed E-state index contributed by atoms with van der Waals surface area (Å²) in [4.78, 5) is 21.4. The minimum Gasteiger partial charge on any atom is -0.360 e. The molecule has 1 aromatic heterocycles. The average molecular weight is 422 g/mol. The zero-order valence-electron chi connectivity index (χ0n) is 16.3. The summed E-state index contributed by atoms with van der Waals surface area (Å²) in [5.74, 6) is 0.0855. The number of likely N-dealkylation sites (tertiary alicyclic amines) is 1. The van der Waals surface area contributed by atoms with Crippen molar-refractivity contribution in [1.29, 1.82) is 0 Å². The maximum Gasteiger partial charge on any atom is 0.251 e. The molecule has 0 saturated carbocycles.